The number of benzene rings is 2. The average molecular weight is 324 g/mol. The zero-order chi connectivity index (χ0) is 16.5. The molecule has 2 aromatic carbocycles. The molecule has 1 N–H and O–H groups in total. The molecule has 0 atom stereocenters. The lowest BCUT2D eigenvalue weighted by Gasteiger charge is -2.10. The van der Waals surface area contributed by atoms with E-state index in [1.165, 1.54) is 32.4 Å². The molecule has 0 aliphatic carbocycles. The molecule has 0 radical (unpaired) electrons. The summed E-state index contributed by atoms with van der Waals surface area (Å²) in [6.07, 6.45) is 0. The highest BCUT2D eigenvalue weighted by molar-refractivity contribution is 7.85. The van der Waals surface area contributed by atoms with Crippen LogP contribution in [0.3, 0.4) is 0 Å². The molecular formula is C14H12O7S. The fraction of sp³-hybridized carbons (Fsp3) is 0.143. The van der Waals surface area contributed by atoms with E-state index in [0.717, 1.165) is 12.1 Å². The molecule has 0 aliphatic rings. The number of hydrogen-bond donors (Lipinski definition) is 1. The molecule has 0 amide bonds. The highest BCUT2D eigenvalue weighted by Crippen LogP contribution is 2.27. The van der Waals surface area contributed by atoms with Gasteiger partial charge in [-0.05, 0) is 35.0 Å². The molecule has 0 saturated carbocycles. The summed E-state index contributed by atoms with van der Waals surface area (Å²) in [4.78, 5) is 23.1. The normalized spacial score (nSPS) is 11.2. The van der Waals surface area contributed by atoms with Crippen LogP contribution < -0.4 is 0 Å². The minimum Gasteiger partial charge on any atom is -0.465 e. The molecule has 0 spiro atoms. The lowest BCUT2D eigenvalue weighted by atomic mass is 9.99. The second-order valence-electron chi connectivity index (χ2n) is 4.33. The van der Waals surface area contributed by atoms with E-state index < -0.39 is 27.0 Å². The van der Waals surface area contributed by atoms with E-state index in [0.29, 0.717) is 5.39 Å². The number of rotatable bonds is 3. The fourth-order valence-corrected chi connectivity index (χ4v) is 2.57. The standard InChI is InChI=1S/C14H12O7S/c1-20-13(15)10-5-6-11(14(16)21-2)12-7-8(22(17,18)19)3-4-9(10)12/h3-7H,1-2H3,(H,17,18,19). The molecule has 0 aliphatic heterocycles. The van der Waals surface area contributed by atoms with Gasteiger partial charge in [-0.15, -0.1) is 0 Å². The van der Waals surface area contributed by atoms with Crippen LogP contribution in [0.25, 0.3) is 10.8 Å². The van der Waals surface area contributed by atoms with Crippen LogP contribution in [-0.4, -0.2) is 39.1 Å². The number of esters is 2. The molecule has 2 aromatic rings. The van der Waals surface area contributed by atoms with Crippen molar-refractivity contribution < 1.29 is 32.0 Å². The van der Waals surface area contributed by atoms with Gasteiger partial charge in [0.05, 0.1) is 30.2 Å². The Balaban J connectivity index is 2.87. The number of hydrogen-bond acceptors (Lipinski definition) is 6. The van der Waals surface area contributed by atoms with Gasteiger partial charge in [-0.25, -0.2) is 9.59 Å². The van der Waals surface area contributed by atoms with E-state index in [1.807, 2.05) is 0 Å². The molecule has 0 fully saturated rings. The minimum atomic E-state index is -4.45. The summed E-state index contributed by atoms with van der Waals surface area (Å²) in [5, 5.41) is 0.465. The van der Waals surface area contributed by atoms with Crippen molar-refractivity contribution in [1.82, 2.24) is 0 Å². The molecule has 116 valence electrons. The quantitative estimate of drug-likeness (QED) is 0.675. The minimum absolute atomic E-state index is 0.0654. The molecular weight excluding hydrogens is 312 g/mol. The van der Waals surface area contributed by atoms with Gasteiger partial charge in [0, 0.05) is 0 Å². The maximum absolute atomic E-state index is 11.8. The summed E-state index contributed by atoms with van der Waals surface area (Å²) in [7, 11) is -2.07. The number of carbonyl (C=O) groups excluding carboxylic acids is 2. The first kappa shape index (κ1) is 15.9. The SMILES string of the molecule is COC(=O)c1ccc(C(=O)OC)c2cc(S(=O)(=O)O)ccc12. The number of carbonyl (C=O) groups is 2. The largest absolute Gasteiger partial charge is 0.465 e. The van der Waals surface area contributed by atoms with Crippen molar-refractivity contribution in [2.24, 2.45) is 0 Å². The van der Waals surface area contributed by atoms with Crippen molar-refractivity contribution >= 4 is 32.8 Å². The fourth-order valence-electron chi connectivity index (χ4n) is 2.06. The van der Waals surface area contributed by atoms with Crippen LogP contribution in [0.4, 0.5) is 0 Å². The molecule has 0 saturated heterocycles. The Morgan fingerprint density at radius 3 is 1.86 bits per heavy atom. The van der Waals surface area contributed by atoms with E-state index >= 15 is 0 Å². The predicted octanol–water partition coefficient (Wildman–Crippen LogP) is 1.66. The Morgan fingerprint density at radius 1 is 0.909 bits per heavy atom. The van der Waals surface area contributed by atoms with Crippen molar-refractivity contribution in [2.45, 2.75) is 4.90 Å². The Kier molecular flexibility index (Phi) is 4.16. The second-order valence-corrected chi connectivity index (χ2v) is 5.75. The molecule has 7 nitrogen and oxygen atoms in total. The summed E-state index contributed by atoms with van der Waals surface area (Å²) in [5.74, 6) is -1.34. The van der Waals surface area contributed by atoms with E-state index in [9.17, 15) is 18.0 Å². The van der Waals surface area contributed by atoms with Gasteiger partial charge in [0.2, 0.25) is 0 Å². The molecule has 0 aromatic heterocycles. The van der Waals surface area contributed by atoms with Crippen LogP contribution in [0.1, 0.15) is 20.7 Å². The number of fused-ring (bicyclic) bond motifs is 1. The molecule has 2 rings (SSSR count). The van der Waals surface area contributed by atoms with Gasteiger partial charge in [-0.2, -0.15) is 8.42 Å². The van der Waals surface area contributed by atoms with Crippen LogP contribution in [0.5, 0.6) is 0 Å². The second kappa shape index (κ2) is 5.74. The van der Waals surface area contributed by atoms with Gasteiger partial charge in [0.15, 0.2) is 0 Å². The Morgan fingerprint density at radius 2 is 1.41 bits per heavy atom. The topological polar surface area (TPSA) is 107 Å². The van der Waals surface area contributed by atoms with E-state index in [1.54, 1.807) is 0 Å². The van der Waals surface area contributed by atoms with Gasteiger partial charge in [0.25, 0.3) is 10.1 Å². The molecule has 22 heavy (non-hydrogen) atoms. The van der Waals surface area contributed by atoms with Gasteiger partial charge in [0.1, 0.15) is 0 Å². The van der Waals surface area contributed by atoms with Crippen LogP contribution in [0.2, 0.25) is 0 Å². The van der Waals surface area contributed by atoms with Crippen molar-refractivity contribution in [3.05, 3.63) is 41.5 Å². The van der Waals surface area contributed by atoms with E-state index in [-0.39, 0.29) is 16.5 Å². The maximum Gasteiger partial charge on any atom is 0.338 e. The van der Waals surface area contributed by atoms with Crippen molar-refractivity contribution in [1.29, 1.82) is 0 Å². The smallest absolute Gasteiger partial charge is 0.338 e. The van der Waals surface area contributed by atoms with Crippen LogP contribution in [0, 0.1) is 0 Å². The predicted molar refractivity (Wildman–Crippen MR) is 76.4 cm³/mol. The monoisotopic (exact) mass is 324 g/mol. The third-order valence-electron chi connectivity index (χ3n) is 3.10. The molecule has 0 bridgehead atoms. The number of methoxy groups -OCH3 is 2. The number of ether oxygens (including phenoxy) is 2. The Hall–Kier alpha value is -2.45. The third kappa shape index (κ3) is 2.78. The van der Waals surface area contributed by atoms with Gasteiger partial charge < -0.3 is 9.47 Å². The van der Waals surface area contributed by atoms with E-state index in [2.05, 4.69) is 9.47 Å². The van der Waals surface area contributed by atoms with Gasteiger partial charge in [-0.3, -0.25) is 4.55 Å². The summed E-state index contributed by atoms with van der Waals surface area (Å²) >= 11 is 0. The van der Waals surface area contributed by atoms with Crippen molar-refractivity contribution in [2.75, 3.05) is 14.2 Å². The molecule has 8 heteroatoms. The Labute approximate surface area is 126 Å². The average Bonchev–Trinajstić information content (AvgIpc) is 2.50. The Bertz CT molecular complexity index is 868. The summed E-state index contributed by atoms with van der Waals surface area (Å²) in [5.41, 5.74) is 0.225. The van der Waals surface area contributed by atoms with E-state index in [4.69, 9.17) is 4.55 Å². The maximum atomic E-state index is 11.8. The molecule has 0 unspecified atom stereocenters. The van der Waals surface area contributed by atoms with Crippen LogP contribution in [0.15, 0.2) is 35.2 Å². The van der Waals surface area contributed by atoms with Crippen molar-refractivity contribution in [3.8, 4) is 0 Å². The molecule has 0 heterocycles. The first-order chi connectivity index (χ1) is 10.3. The van der Waals surface area contributed by atoms with Crippen LogP contribution >= 0.6 is 0 Å². The summed E-state index contributed by atoms with van der Waals surface area (Å²) < 4.78 is 40.9. The summed E-state index contributed by atoms with van der Waals surface area (Å²) in [6, 6.07) is 6.26. The summed E-state index contributed by atoms with van der Waals surface area (Å²) in [6.45, 7) is 0. The van der Waals surface area contributed by atoms with Crippen LogP contribution in [-0.2, 0) is 19.6 Å². The van der Waals surface area contributed by atoms with Gasteiger partial charge >= 0.3 is 11.9 Å². The lowest BCUT2D eigenvalue weighted by Crippen LogP contribution is -2.08. The van der Waals surface area contributed by atoms with Crippen molar-refractivity contribution in [3.63, 3.8) is 0 Å². The first-order valence-corrected chi connectivity index (χ1v) is 7.44. The zero-order valence-corrected chi connectivity index (χ0v) is 12.5. The lowest BCUT2D eigenvalue weighted by molar-refractivity contribution is 0.0590. The highest BCUT2D eigenvalue weighted by Gasteiger charge is 2.19. The first-order valence-electron chi connectivity index (χ1n) is 6.00. The zero-order valence-electron chi connectivity index (χ0n) is 11.7. The van der Waals surface area contributed by atoms with Gasteiger partial charge in [-0.1, -0.05) is 6.07 Å². The highest BCUT2D eigenvalue weighted by atomic mass is 32.2. The third-order valence-corrected chi connectivity index (χ3v) is 3.95.